The molecule has 0 unspecified atom stereocenters. The molecule has 0 spiro atoms. The van der Waals surface area contributed by atoms with E-state index in [4.69, 9.17) is 10.00 Å². The van der Waals surface area contributed by atoms with E-state index in [0.717, 1.165) is 6.42 Å². The van der Waals surface area contributed by atoms with Crippen molar-refractivity contribution < 1.29 is 9.53 Å². The number of esters is 1. The summed E-state index contributed by atoms with van der Waals surface area (Å²) in [6.45, 7) is 3.83. The first-order valence-electron chi connectivity index (χ1n) is 3.80. The number of cyclic esters (lactones) is 1. The summed E-state index contributed by atoms with van der Waals surface area (Å²) in [6.07, 6.45) is 0.748. The molecule has 0 amide bonds. The van der Waals surface area contributed by atoms with Gasteiger partial charge in [0.05, 0.1) is 6.07 Å². The number of rotatable bonds is 1. The molecule has 0 N–H and O–H groups in total. The molecule has 3 atom stereocenters. The molecule has 1 fully saturated rings. The highest BCUT2D eigenvalue weighted by atomic mass is 16.6. The number of hydrogen-bond acceptors (Lipinski definition) is 3. The van der Waals surface area contributed by atoms with Crippen molar-refractivity contribution in [3.63, 3.8) is 0 Å². The Balaban J connectivity index is 2.72. The number of nitrogens with zero attached hydrogens (tertiary/aromatic N) is 1. The number of carbonyl (C=O) groups is 1. The lowest BCUT2D eigenvalue weighted by molar-refractivity contribution is -0.143. The Morgan fingerprint density at radius 1 is 1.73 bits per heavy atom. The molecule has 1 heterocycles. The van der Waals surface area contributed by atoms with Crippen LogP contribution in [0, 0.1) is 23.2 Å². The molecule has 1 aliphatic heterocycles. The lowest BCUT2D eigenvalue weighted by atomic mass is 9.92. The van der Waals surface area contributed by atoms with Crippen molar-refractivity contribution >= 4 is 5.97 Å². The zero-order valence-corrected chi connectivity index (χ0v) is 6.70. The van der Waals surface area contributed by atoms with E-state index in [1.165, 1.54) is 0 Å². The average molecular weight is 153 g/mol. The minimum absolute atomic E-state index is 0.0489. The van der Waals surface area contributed by atoms with Crippen molar-refractivity contribution in [2.45, 2.75) is 26.4 Å². The van der Waals surface area contributed by atoms with Crippen molar-refractivity contribution in [2.24, 2.45) is 11.8 Å². The van der Waals surface area contributed by atoms with E-state index < -0.39 is 5.92 Å². The molecular weight excluding hydrogens is 142 g/mol. The third-order valence-electron chi connectivity index (χ3n) is 2.18. The van der Waals surface area contributed by atoms with Gasteiger partial charge in [-0.05, 0) is 6.42 Å². The minimum atomic E-state index is -0.542. The highest BCUT2D eigenvalue weighted by Crippen LogP contribution is 2.28. The molecule has 0 bridgehead atoms. The monoisotopic (exact) mass is 153 g/mol. The third-order valence-corrected chi connectivity index (χ3v) is 2.18. The Hall–Kier alpha value is -1.04. The largest absolute Gasteiger partial charge is 0.461 e. The Morgan fingerprint density at radius 2 is 2.36 bits per heavy atom. The summed E-state index contributed by atoms with van der Waals surface area (Å²) in [5, 5.41) is 8.57. The van der Waals surface area contributed by atoms with E-state index in [-0.39, 0.29) is 18.0 Å². The molecule has 0 saturated carbocycles. The second-order valence-corrected chi connectivity index (χ2v) is 2.85. The zero-order chi connectivity index (χ0) is 8.43. The smallest absolute Gasteiger partial charge is 0.324 e. The quantitative estimate of drug-likeness (QED) is 0.530. The normalized spacial score (nSPS) is 36.5. The number of carbonyl (C=O) groups excluding carboxylic acids is 1. The number of nitriles is 1. The van der Waals surface area contributed by atoms with Gasteiger partial charge in [0.2, 0.25) is 0 Å². The molecule has 0 aromatic rings. The van der Waals surface area contributed by atoms with Crippen LogP contribution in [0.25, 0.3) is 0 Å². The molecule has 0 radical (unpaired) electrons. The Kier molecular flexibility index (Phi) is 2.13. The van der Waals surface area contributed by atoms with E-state index in [9.17, 15) is 4.79 Å². The second-order valence-electron chi connectivity index (χ2n) is 2.85. The lowest BCUT2D eigenvalue weighted by Gasteiger charge is -2.09. The van der Waals surface area contributed by atoms with Crippen LogP contribution in [-0.2, 0) is 9.53 Å². The Bertz CT molecular complexity index is 207. The fourth-order valence-corrected chi connectivity index (χ4v) is 1.38. The van der Waals surface area contributed by atoms with E-state index in [1.54, 1.807) is 0 Å². The maximum absolute atomic E-state index is 10.9. The molecule has 60 valence electrons. The Morgan fingerprint density at radius 3 is 2.64 bits per heavy atom. The SMILES string of the molecule is CC[C@H]1OC(=O)[C@H](C#N)[C@@H]1C. The maximum atomic E-state index is 10.9. The van der Waals surface area contributed by atoms with E-state index >= 15 is 0 Å². The molecule has 11 heavy (non-hydrogen) atoms. The van der Waals surface area contributed by atoms with Gasteiger partial charge in [-0.15, -0.1) is 0 Å². The second kappa shape index (κ2) is 2.91. The van der Waals surface area contributed by atoms with Crippen molar-refractivity contribution in [1.29, 1.82) is 5.26 Å². The summed E-state index contributed by atoms with van der Waals surface area (Å²) in [5.41, 5.74) is 0. The predicted molar refractivity (Wildman–Crippen MR) is 38.4 cm³/mol. The molecule has 0 aromatic heterocycles. The fraction of sp³-hybridized carbons (Fsp3) is 0.750. The van der Waals surface area contributed by atoms with Crippen LogP contribution in [0.5, 0.6) is 0 Å². The number of ether oxygens (including phenoxy) is 1. The van der Waals surface area contributed by atoms with Crippen molar-refractivity contribution in [2.75, 3.05) is 0 Å². The summed E-state index contributed by atoms with van der Waals surface area (Å²) in [6, 6.07) is 1.95. The molecule has 1 saturated heterocycles. The minimum Gasteiger partial charge on any atom is -0.461 e. The van der Waals surface area contributed by atoms with Crippen LogP contribution in [0.1, 0.15) is 20.3 Å². The van der Waals surface area contributed by atoms with Crippen LogP contribution < -0.4 is 0 Å². The van der Waals surface area contributed by atoms with Gasteiger partial charge in [0, 0.05) is 5.92 Å². The maximum Gasteiger partial charge on any atom is 0.324 e. The Labute approximate surface area is 66.0 Å². The standard InChI is InChI=1S/C8H11NO2/c1-3-7-5(2)6(4-9)8(10)11-7/h5-7H,3H2,1-2H3/t5-,6+,7+/m0/s1. The van der Waals surface area contributed by atoms with Gasteiger partial charge in [-0.1, -0.05) is 13.8 Å². The highest BCUT2D eigenvalue weighted by molar-refractivity contribution is 5.77. The third kappa shape index (κ3) is 1.21. The van der Waals surface area contributed by atoms with Crippen LogP contribution in [-0.4, -0.2) is 12.1 Å². The summed E-state index contributed by atoms with van der Waals surface area (Å²) < 4.78 is 4.96. The van der Waals surface area contributed by atoms with Gasteiger partial charge in [-0.25, -0.2) is 0 Å². The van der Waals surface area contributed by atoms with Crippen LogP contribution in [0.4, 0.5) is 0 Å². The molecule has 1 aliphatic rings. The van der Waals surface area contributed by atoms with E-state index in [2.05, 4.69) is 0 Å². The molecule has 3 heteroatoms. The van der Waals surface area contributed by atoms with Crippen molar-refractivity contribution in [3.05, 3.63) is 0 Å². The first-order valence-corrected chi connectivity index (χ1v) is 3.80. The van der Waals surface area contributed by atoms with Crippen LogP contribution in [0.2, 0.25) is 0 Å². The highest BCUT2D eigenvalue weighted by Gasteiger charge is 2.40. The molecule has 1 rings (SSSR count). The van der Waals surface area contributed by atoms with Gasteiger partial charge in [0.1, 0.15) is 12.0 Å². The van der Waals surface area contributed by atoms with Gasteiger partial charge in [-0.2, -0.15) is 5.26 Å². The molecular formula is C8H11NO2. The van der Waals surface area contributed by atoms with Crippen molar-refractivity contribution in [3.8, 4) is 6.07 Å². The number of hydrogen-bond donors (Lipinski definition) is 0. The van der Waals surface area contributed by atoms with Gasteiger partial charge >= 0.3 is 5.97 Å². The summed E-state index contributed by atoms with van der Waals surface area (Å²) in [7, 11) is 0. The van der Waals surface area contributed by atoms with Crippen LogP contribution in [0.3, 0.4) is 0 Å². The van der Waals surface area contributed by atoms with Gasteiger partial charge in [-0.3, -0.25) is 4.79 Å². The van der Waals surface area contributed by atoms with Gasteiger partial charge in [0.15, 0.2) is 0 Å². The van der Waals surface area contributed by atoms with E-state index in [0.29, 0.717) is 0 Å². The topological polar surface area (TPSA) is 50.1 Å². The lowest BCUT2D eigenvalue weighted by Crippen LogP contribution is -2.15. The summed E-state index contributed by atoms with van der Waals surface area (Å²) >= 11 is 0. The predicted octanol–water partition coefficient (Wildman–Crippen LogP) is 1.10. The van der Waals surface area contributed by atoms with Gasteiger partial charge < -0.3 is 4.74 Å². The molecule has 0 aliphatic carbocycles. The summed E-state index contributed by atoms with van der Waals surface area (Å²) in [4.78, 5) is 10.9. The first kappa shape index (κ1) is 8.06. The van der Waals surface area contributed by atoms with Crippen LogP contribution in [0.15, 0.2) is 0 Å². The zero-order valence-electron chi connectivity index (χ0n) is 6.70. The van der Waals surface area contributed by atoms with Crippen molar-refractivity contribution in [1.82, 2.24) is 0 Å². The molecule has 3 nitrogen and oxygen atoms in total. The van der Waals surface area contributed by atoms with Crippen LogP contribution >= 0.6 is 0 Å². The molecule has 0 aromatic carbocycles. The average Bonchev–Trinajstić information content (AvgIpc) is 2.26. The fourth-order valence-electron chi connectivity index (χ4n) is 1.38. The van der Waals surface area contributed by atoms with Gasteiger partial charge in [0.25, 0.3) is 0 Å². The summed E-state index contributed by atoms with van der Waals surface area (Å²) in [5.74, 6) is -0.843. The van der Waals surface area contributed by atoms with E-state index in [1.807, 2.05) is 19.9 Å². The first-order chi connectivity index (χ1) is 5.20.